The van der Waals surface area contributed by atoms with Crippen molar-refractivity contribution in [1.29, 1.82) is 0 Å². The molecule has 4 aromatic rings. The van der Waals surface area contributed by atoms with Gasteiger partial charge in [0.05, 0.1) is 28.4 Å². The van der Waals surface area contributed by atoms with E-state index in [-0.39, 0.29) is 22.5 Å². The summed E-state index contributed by atoms with van der Waals surface area (Å²) in [7, 11) is 0. The second-order valence-electron chi connectivity index (χ2n) is 11.1. The summed E-state index contributed by atoms with van der Waals surface area (Å²) in [4.78, 5) is 27.4. The molecule has 0 spiro atoms. The molecule has 1 aliphatic heterocycles. The summed E-state index contributed by atoms with van der Waals surface area (Å²) in [5.74, 6) is 0.100. The molecule has 186 valence electrons. The number of allylic oxidation sites excluding steroid dienone is 1. The summed E-state index contributed by atoms with van der Waals surface area (Å²) < 4.78 is 5.86. The van der Waals surface area contributed by atoms with Crippen LogP contribution in [0.25, 0.3) is 11.0 Å². The quantitative estimate of drug-likeness (QED) is 0.314. The summed E-state index contributed by atoms with van der Waals surface area (Å²) in [6.45, 7) is 6.60. The van der Waals surface area contributed by atoms with Crippen LogP contribution < -0.4 is 16.1 Å². The van der Waals surface area contributed by atoms with E-state index < -0.39 is 6.04 Å². The van der Waals surface area contributed by atoms with Crippen LogP contribution in [0.5, 0.6) is 0 Å². The topological polar surface area (TPSA) is 71.3 Å². The molecule has 0 saturated carbocycles. The van der Waals surface area contributed by atoms with Gasteiger partial charge in [-0.05, 0) is 53.1 Å². The largest absolute Gasteiger partial charge is 0.464 e. The van der Waals surface area contributed by atoms with E-state index >= 15 is 0 Å². The molecular weight excluding hydrogens is 460 g/mol. The lowest BCUT2D eigenvalue weighted by Crippen LogP contribution is -2.29. The average Bonchev–Trinajstić information content (AvgIpc) is 3.05. The predicted octanol–water partition coefficient (Wildman–Crippen LogP) is 7.07. The van der Waals surface area contributed by atoms with Gasteiger partial charge in [-0.25, -0.2) is 0 Å². The highest BCUT2D eigenvalue weighted by molar-refractivity contribution is 6.01. The Morgan fingerprint density at radius 1 is 0.838 bits per heavy atom. The molecule has 3 aromatic carbocycles. The van der Waals surface area contributed by atoms with Crippen LogP contribution in [-0.2, 0) is 10.2 Å². The number of anilines is 2. The molecule has 1 aromatic heterocycles. The Labute approximate surface area is 216 Å². The van der Waals surface area contributed by atoms with E-state index in [1.165, 1.54) is 11.8 Å². The van der Waals surface area contributed by atoms with Gasteiger partial charge in [0.25, 0.3) is 0 Å². The number of hydrogen-bond acceptors (Lipinski definition) is 5. The molecule has 2 N–H and O–H groups in total. The van der Waals surface area contributed by atoms with Crippen molar-refractivity contribution in [2.45, 2.75) is 51.0 Å². The molecule has 0 radical (unpaired) electrons. The van der Waals surface area contributed by atoms with Crippen molar-refractivity contribution in [2.75, 3.05) is 10.6 Å². The fourth-order valence-electron chi connectivity index (χ4n) is 5.51. The van der Waals surface area contributed by atoms with Crippen LogP contribution in [0, 0.1) is 0 Å². The van der Waals surface area contributed by atoms with E-state index in [1.807, 2.05) is 36.4 Å². The van der Waals surface area contributed by atoms with E-state index in [9.17, 15) is 9.59 Å². The lowest BCUT2D eigenvalue weighted by molar-refractivity contribution is -0.116. The van der Waals surface area contributed by atoms with Crippen molar-refractivity contribution in [3.8, 4) is 0 Å². The van der Waals surface area contributed by atoms with Crippen molar-refractivity contribution in [2.24, 2.45) is 0 Å². The first kappa shape index (κ1) is 23.3. The minimum atomic E-state index is -0.608. The first-order valence-corrected chi connectivity index (χ1v) is 12.8. The fourth-order valence-corrected chi connectivity index (χ4v) is 5.51. The molecule has 1 aliphatic carbocycles. The Balaban J connectivity index is 1.45. The first-order valence-electron chi connectivity index (χ1n) is 12.8. The summed E-state index contributed by atoms with van der Waals surface area (Å²) in [6, 6.07) is 23.1. The number of carbonyl (C=O) groups is 1. The Morgan fingerprint density at radius 3 is 2.30 bits per heavy atom. The molecule has 2 atom stereocenters. The molecule has 0 bridgehead atoms. The lowest BCUT2D eigenvalue weighted by Gasteiger charge is -2.30. The third-order valence-corrected chi connectivity index (χ3v) is 7.57. The van der Waals surface area contributed by atoms with Gasteiger partial charge in [-0.15, -0.1) is 0 Å². The van der Waals surface area contributed by atoms with Gasteiger partial charge >= 0.3 is 0 Å². The summed E-state index contributed by atoms with van der Waals surface area (Å²) in [5, 5.41) is 7.54. The van der Waals surface area contributed by atoms with Crippen LogP contribution in [0.4, 0.5) is 11.4 Å². The van der Waals surface area contributed by atoms with E-state index in [4.69, 9.17) is 4.42 Å². The minimum Gasteiger partial charge on any atom is -0.464 e. The van der Waals surface area contributed by atoms with Crippen LogP contribution in [0.15, 0.2) is 99.5 Å². The first-order chi connectivity index (χ1) is 17.8. The predicted molar refractivity (Wildman–Crippen MR) is 148 cm³/mol. The Morgan fingerprint density at radius 2 is 1.54 bits per heavy atom. The van der Waals surface area contributed by atoms with Gasteiger partial charge in [-0.2, -0.15) is 0 Å². The van der Waals surface area contributed by atoms with Crippen molar-refractivity contribution >= 4 is 28.1 Å². The summed E-state index contributed by atoms with van der Waals surface area (Å²) in [6.07, 6.45) is 2.58. The summed E-state index contributed by atoms with van der Waals surface area (Å²) >= 11 is 0. The Bertz CT molecular complexity index is 1610. The van der Waals surface area contributed by atoms with Crippen LogP contribution in [0.2, 0.25) is 0 Å². The minimum absolute atomic E-state index is 0.0384. The van der Waals surface area contributed by atoms with Crippen molar-refractivity contribution in [3.05, 3.63) is 117 Å². The molecule has 2 aliphatic rings. The average molecular weight is 491 g/mol. The number of rotatable bonds is 2. The van der Waals surface area contributed by atoms with Crippen molar-refractivity contribution in [1.82, 2.24) is 0 Å². The number of carbonyl (C=O) groups excluding carboxylic acids is 1. The third-order valence-electron chi connectivity index (χ3n) is 7.57. The van der Waals surface area contributed by atoms with Crippen molar-refractivity contribution < 1.29 is 9.21 Å². The van der Waals surface area contributed by atoms with Crippen LogP contribution in [-0.4, -0.2) is 5.78 Å². The molecular formula is C32H30N2O3. The third kappa shape index (κ3) is 4.14. The molecule has 5 heteroatoms. The number of benzene rings is 3. The normalized spacial score (nSPS) is 19.5. The maximum atomic E-state index is 13.8. The Kier molecular flexibility index (Phi) is 5.52. The molecule has 2 unspecified atom stereocenters. The van der Waals surface area contributed by atoms with Gasteiger partial charge in [0.2, 0.25) is 0 Å². The molecule has 6 rings (SSSR count). The van der Waals surface area contributed by atoms with Gasteiger partial charge in [0, 0.05) is 17.7 Å². The molecule has 0 saturated heterocycles. The van der Waals surface area contributed by atoms with Gasteiger partial charge in [-0.3, -0.25) is 9.59 Å². The van der Waals surface area contributed by atoms with Crippen LogP contribution in [0.1, 0.15) is 62.3 Å². The Hall–Kier alpha value is -4.12. The smallest absolute Gasteiger partial charge is 0.198 e. The number of fused-ring (bicyclic) bond motifs is 2. The number of nitrogens with one attached hydrogen (secondary N) is 2. The van der Waals surface area contributed by atoms with E-state index in [2.05, 4.69) is 55.7 Å². The molecule has 0 fully saturated rings. The number of Topliss-reactive ketones (excluding diaryl/α,β-unsaturated/α-hetero) is 1. The van der Waals surface area contributed by atoms with E-state index in [0.29, 0.717) is 34.9 Å². The lowest BCUT2D eigenvalue weighted by atomic mass is 9.78. The van der Waals surface area contributed by atoms with Gasteiger partial charge in [-0.1, -0.05) is 69.3 Å². The molecule has 37 heavy (non-hydrogen) atoms. The standard InChI is InChI=1S/C32H30N2O3/c1-32(2,3)21-14-12-19(13-15-21)20-16-26-29(27(35)17-20)30(34-25-10-6-5-9-24(25)33-26)23-18-37-28-11-7-4-8-22(28)31(23)36/h4-15,18,20,30,33-34H,16-17H2,1-3H3. The SMILES string of the molecule is CC(C)(C)c1ccc(C2CC(=O)C3=C(C2)Nc2ccccc2NC3c2coc3ccccc3c2=O)cc1. The van der Waals surface area contributed by atoms with Crippen LogP contribution in [0.3, 0.4) is 0 Å². The number of hydrogen-bond donors (Lipinski definition) is 2. The highest BCUT2D eigenvalue weighted by Gasteiger charge is 2.37. The fraction of sp³-hybridized carbons (Fsp3) is 0.250. The maximum Gasteiger partial charge on any atom is 0.198 e. The van der Waals surface area contributed by atoms with E-state index in [0.717, 1.165) is 22.6 Å². The second kappa shape index (κ2) is 8.77. The number of ketones is 1. The zero-order valence-corrected chi connectivity index (χ0v) is 21.3. The van der Waals surface area contributed by atoms with Gasteiger partial charge in [0.1, 0.15) is 11.8 Å². The van der Waals surface area contributed by atoms with E-state index in [1.54, 1.807) is 12.1 Å². The highest BCUT2D eigenvalue weighted by Crippen LogP contribution is 2.44. The number of para-hydroxylation sites is 3. The van der Waals surface area contributed by atoms with Crippen LogP contribution >= 0.6 is 0 Å². The van der Waals surface area contributed by atoms with Gasteiger partial charge < -0.3 is 15.1 Å². The summed E-state index contributed by atoms with van der Waals surface area (Å²) in [5.41, 5.74) is 6.54. The molecule has 0 amide bonds. The highest BCUT2D eigenvalue weighted by atomic mass is 16.3. The second-order valence-corrected chi connectivity index (χ2v) is 11.1. The van der Waals surface area contributed by atoms with Gasteiger partial charge in [0.15, 0.2) is 11.2 Å². The zero-order chi connectivity index (χ0) is 25.7. The maximum absolute atomic E-state index is 13.8. The molecule has 5 nitrogen and oxygen atoms in total. The van der Waals surface area contributed by atoms with Crippen molar-refractivity contribution in [3.63, 3.8) is 0 Å². The molecule has 2 heterocycles. The monoisotopic (exact) mass is 490 g/mol. The zero-order valence-electron chi connectivity index (χ0n) is 21.3.